The van der Waals surface area contributed by atoms with Gasteiger partial charge in [-0.15, -0.1) is 11.8 Å². The van der Waals surface area contributed by atoms with Gasteiger partial charge in [0.2, 0.25) is 5.91 Å². The Morgan fingerprint density at radius 3 is 2.89 bits per heavy atom. The van der Waals surface area contributed by atoms with Gasteiger partial charge >= 0.3 is 0 Å². The van der Waals surface area contributed by atoms with Crippen molar-refractivity contribution in [1.29, 1.82) is 0 Å². The van der Waals surface area contributed by atoms with Crippen LogP contribution in [0, 0.1) is 5.92 Å². The summed E-state index contributed by atoms with van der Waals surface area (Å²) in [5, 5.41) is 2.82. The van der Waals surface area contributed by atoms with Gasteiger partial charge in [0.15, 0.2) is 0 Å². The lowest BCUT2D eigenvalue weighted by molar-refractivity contribution is -0.116. The molecular weight excluding hydrogens is 312 g/mol. The zero-order chi connectivity index (χ0) is 13.3. The SMILES string of the molecule is CC(C)CCSc1cc2c(cc1Br)C(N)C(=O)N2. The van der Waals surface area contributed by atoms with Crippen LogP contribution in [0.4, 0.5) is 5.69 Å². The van der Waals surface area contributed by atoms with Crippen LogP contribution in [0.25, 0.3) is 0 Å². The molecule has 3 nitrogen and oxygen atoms in total. The van der Waals surface area contributed by atoms with Crippen LogP contribution < -0.4 is 11.1 Å². The molecule has 0 aromatic heterocycles. The maximum atomic E-state index is 11.5. The molecule has 0 bridgehead atoms. The highest BCUT2D eigenvalue weighted by Gasteiger charge is 2.28. The predicted molar refractivity (Wildman–Crippen MR) is 79.9 cm³/mol. The van der Waals surface area contributed by atoms with Gasteiger partial charge in [0.1, 0.15) is 6.04 Å². The summed E-state index contributed by atoms with van der Waals surface area (Å²) in [6.07, 6.45) is 1.18. The number of carbonyl (C=O) groups is 1. The molecule has 0 fully saturated rings. The lowest BCUT2D eigenvalue weighted by atomic mass is 10.1. The molecule has 1 atom stereocenters. The number of amides is 1. The maximum absolute atomic E-state index is 11.5. The average Bonchev–Trinajstić information content (AvgIpc) is 2.55. The van der Waals surface area contributed by atoms with Crippen LogP contribution in [0.3, 0.4) is 0 Å². The van der Waals surface area contributed by atoms with Crippen molar-refractivity contribution < 1.29 is 4.79 Å². The number of fused-ring (bicyclic) bond motifs is 1. The van der Waals surface area contributed by atoms with Crippen molar-refractivity contribution in [3.8, 4) is 0 Å². The first-order chi connectivity index (χ1) is 8.49. The van der Waals surface area contributed by atoms with E-state index in [0.717, 1.165) is 26.4 Å². The number of halogens is 1. The van der Waals surface area contributed by atoms with Gasteiger partial charge in [0.05, 0.1) is 0 Å². The Morgan fingerprint density at radius 2 is 2.22 bits per heavy atom. The van der Waals surface area contributed by atoms with Gasteiger partial charge in [-0.25, -0.2) is 0 Å². The predicted octanol–water partition coefficient (Wildman–Crippen LogP) is 3.54. The number of anilines is 1. The molecule has 1 heterocycles. The fraction of sp³-hybridized carbons (Fsp3) is 0.462. The summed E-state index contributed by atoms with van der Waals surface area (Å²) < 4.78 is 1.02. The first-order valence-electron chi connectivity index (χ1n) is 6.01. The highest BCUT2D eigenvalue weighted by atomic mass is 79.9. The van der Waals surface area contributed by atoms with Crippen molar-refractivity contribution in [1.82, 2.24) is 0 Å². The molecule has 1 unspecified atom stereocenters. The van der Waals surface area contributed by atoms with Gasteiger partial charge in [-0.2, -0.15) is 0 Å². The summed E-state index contributed by atoms with van der Waals surface area (Å²) in [5.74, 6) is 1.66. The van der Waals surface area contributed by atoms with Crippen molar-refractivity contribution in [2.75, 3.05) is 11.1 Å². The minimum Gasteiger partial charge on any atom is -0.324 e. The Kier molecular flexibility index (Phi) is 4.35. The second-order valence-corrected chi connectivity index (χ2v) is 6.86. The summed E-state index contributed by atoms with van der Waals surface area (Å²) in [4.78, 5) is 12.7. The van der Waals surface area contributed by atoms with Gasteiger partial charge in [0, 0.05) is 20.6 Å². The molecule has 1 amide bonds. The molecule has 0 saturated carbocycles. The third kappa shape index (κ3) is 2.90. The number of hydrogen-bond donors (Lipinski definition) is 2. The quantitative estimate of drug-likeness (QED) is 0.831. The molecule has 18 heavy (non-hydrogen) atoms. The molecule has 0 spiro atoms. The fourth-order valence-corrected chi connectivity index (χ4v) is 3.71. The Labute approximate surface area is 120 Å². The van der Waals surface area contributed by atoms with Gasteiger partial charge < -0.3 is 11.1 Å². The molecule has 5 heteroatoms. The van der Waals surface area contributed by atoms with Crippen molar-refractivity contribution in [3.05, 3.63) is 22.2 Å². The molecule has 1 aliphatic rings. The monoisotopic (exact) mass is 328 g/mol. The van der Waals surface area contributed by atoms with E-state index in [2.05, 4.69) is 35.1 Å². The molecule has 0 saturated heterocycles. The van der Waals surface area contributed by atoms with E-state index in [1.165, 1.54) is 6.42 Å². The van der Waals surface area contributed by atoms with Crippen LogP contribution in [0.15, 0.2) is 21.5 Å². The van der Waals surface area contributed by atoms with E-state index in [0.29, 0.717) is 5.92 Å². The van der Waals surface area contributed by atoms with E-state index in [1.807, 2.05) is 12.1 Å². The largest absolute Gasteiger partial charge is 0.324 e. The molecule has 1 aromatic rings. The van der Waals surface area contributed by atoms with Crippen LogP contribution in [0.5, 0.6) is 0 Å². The van der Waals surface area contributed by atoms with E-state index < -0.39 is 6.04 Å². The van der Waals surface area contributed by atoms with Crippen molar-refractivity contribution in [2.24, 2.45) is 11.7 Å². The number of carbonyl (C=O) groups excluding carboxylic acids is 1. The molecular formula is C13H17BrN2OS. The molecule has 1 aliphatic heterocycles. The normalized spacial score (nSPS) is 18.1. The topological polar surface area (TPSA) is 55.1 Å². The standard InChI is InChI=1S/C13H17BrN2OS/c1-7(2)3-4-18-11-6-10-8(5-9(11)14)12(15)13(17)16-10/h5-7,12H,3-4,15H2,1-2H3,(H,16,17). The average molecular weight is 329 g/mol. The third-order valence-corrected chi connectivity index (χ3v) is 4.94. The van der Waals surface area contributed by atoms with Gasteiger partial charge in [-0.05, 0) is 46.2 Å². The summed E-state index contributed by atoms with van der Waals surface area (Å²) in [5.41, 5.74) is 7.53. The second kappa shape index (κ2) is 5.63. The fourth-order valence-electron chi connectivity index (χ4n) is 1.80. The number of hydrogen-bond acceptors (Lipinski definition) is 3. The number of nitrogens with one attached hydrogen (secondary N) is 1. The number of rotatable bonds is 4. The number of benzene rings is 1. The van der Waals surface area contributed by atoms with E-state index in [4.69, 9.17) is 5.73 Å². The summed E-state index contributed by atoms with van der Waals surface area (Å²) in [6.45, 7) is 4.44. The van der Waals surface area contributed by atoms with Crippen LogP contribution in [-0.4, -0.2) is 11.7 Å². The number of nitrogens with two attached hydrogens (primary N) is 1. The maximum Gasteiger partial charge on any atom is 0.245 e. The second-order valence-electron chi connectivity index (χ2n) is 4.87. The highest BCUT2D eigenvalue weighted by Crippen LogP contribution is 2.38. The van der Waals surface area contributed by atoms with Crippen molar-refractivity contribution >= 4 is 39.3 Å². The molecule has 0 aliphatic carbocycles. The Morgan fingerprint density at radius 1 is 1.50 bits per heavy atom. The Bertz CT molecular complexity index is 476. The first-order valence-corrected chi connectivity index (χ1v) is 7.79. The summed E-state index contributed by atoms with van der Waals surface area (Å²) in [6, 6.07) is 3.43. The summed E-state index contributed by atoms with van der Waals surface area (Å²) >= 11 is 5.35. The lowest BCUT2D eigenvalue weighted by Gasteiger charge is -2.09. The van der Waals surface area contributed by atoms with Crippen LogP contribution in [0.1, 0.15) is 31.9 Å². The molecule has 1 aromatic carbocycles. The van der Waals surface area contributed by atoms with E-state index in [1.54, 1.807) is 11.8 Å². The minimum absolute atomic E-state index is 0.124. The molecule has 2 rings (SSSR count). The minimum atomic E-state index is -0.536. The summed E-state index contributed by atoms with van der Waals surface area (Å²) in [7, 11) is 0. The zero-order valence-corrected chi connectivity index (χ0v) is 12.9. The van der Waals surface area contributed by atoms with E-state index >= 15 is 0 Å². The van der Waals surface area contributed by atoms with E-state index in [-0.39, 0.29) is 5.91 Å². The van der Waals surface area contributed by atoms with Crippen molar-refractivity contribution in [3.63, 3.8) is 0 Å². The lowest BCUT2D eigenvalue weighted by Crippen LogP contribution is -2.19. The highest BCUT2D eigenvalue weighted by molar-refractivity contribution is 9.10. The first kappa shape index (κ1) is 13.9. The molecule has 98 valence electrons. The molecule has 3 N–H and O–H groups in total. The Hall–Kier alpha value is -0.520. The van der Waals surface area contributed by atoms with Gasteiger partial charge in [0.25, 0.3) is 0 Å². The van der Waals surface area contributed by atoms with Gasteiger partial charge in [-0.3, -0.25) is 4.79 Å². The number of thioether (sulfide) groups is 1. The zero-order valence-electron chi connectivity index (χ0n) is 10.5. The van der Waals surface area contributed by atoms with E-state index in [9.17, 15) is 4.79 Å². The van der Waals surface area contributed by atoms with Crippen LogP contribution >= 0.6 is 27.7 Å². The Balaban J connectivity index is 2.14. The van der Waals surface area contributed by atoms with Crippen LogP contribution in [-0.2, 0) is 4.79 Å². The van der Waals surface area contributed by atoms with Crippen LogP contribution in [0.2, 0.25) is 0 Å². The molecule has 0 radical (unpaired) electrons. The smallest absolute Gasteiger partial charge is 0.245 e. The van der Waals surface area contributed by atoms with Crippen molar-refractivity contribution in [2.45, 2.75) is 31.2 Å². The third-order valence-electron chi connectivity index (χ3n) is 2.93. The van der Waals surface area contributed by atoms with Gasteiger partial charge in [-0.1, -0.05) is 13.8 Å².